The van der Waals surface area contributed by atoms with E-state index in [1.165, 1.54) is 5.56 Å². The molecule has 142 valence electrons. The van der Waals surface area contributed by atoms with Gasteiger partial charge in [-0.15, -0.1) is 12.4 Å². The number of ether oxygens (including phenoxy) is 2. The summed E-state index contributed by atoms with van der Waals surface area (Å²) in [7, 11) is 0. The molecule has 3 N–H and O–H groups in total. The number of benzene rings is 2. The van der Waals surface area contributed by atoms with Crippen LogP contribution in [0.4, 0.5) is 4.79 Å². The van der Waals surface area contributed by atoms with Crippen molar-refractivity contribution in [3.63, 3.8) is 0 Å². The summed E-state index contributed by atoms with van der Waals surface area (Å²) in [6, 6.07) is 17.6. The van der Waals surface area contributed by atoms with E-state index in [9.17, 15) is 4.79 Å². The lowest BCUT2D eigenvalue weighted by Gasteiger charge is -2.08. The highest BCUT2D eigenvalue weighted by molar-refractivity contribution is 5.85. The average Bonchev–Trinajstić information content (AvgIpc) is 2.65. The fraction of sp³-hybridized carbons (Fsp3) is 0.350. The van der Waals surface area contributed by atoms with Crippen LogP contribution in [0.25, 0.3) is 0 Å². The monoisotopic (exact) mass is 378 g/mol. The van der Waals surface area contributed by atoms with Gasteiger partial charge in [0.1, 0.15) is 12.4 Å². The van der Waals surface area contributed by atoms with Gasteiger partial charge in [-0.25, -0.2) is 4.79 Å². The Morgan fingerprint density at radius 1 is 0.962 bits per heavy atom. The van der Waals surface area contributed by atoms with E-state index in [0.29, 0.717) is 19.7 Å². The predicted octanol–water partition coefficient (Wildman–Crippen LogP) is 3.70. The van der Waals surface area contributed by atoms with E-state index in [1.54, 1.807) is 0 Å². The number of nitrogens with two attached hydrogens (primary N) is 1. The van der Waals surface area contributed by atoms with Gasteiger partial charge in [-0.05, 0) is 49.1 Å². The van der Waals surface area contributed by atoms with Crippen LogP contribution < -0.4 is 15.8 Å². The SMILES string of the molecule is Cl.NCCc1ccc(OCCCCNC(=O)OCc2ccccc2)cc1. The summed E-state index contributed by atoms with van der Waals surface area (Å²) in [5, 5.41) is 2.74. The minimum absolute atomic E-state index is 0. The largest absolute Gasteiger partial charge is 0.494 e. The molecule has 0 heterocycles. The van der Waals surface area contributed by atoms with Crippen LogP contribution in [0.1, 0.15) is 24.0 Å². The molecule has 0 aromatic heterocycles. The van der Waals surface area contributed by atoms with Crippen molar-refractivity contribution in [2.75, 3.05) is 19.7 Å². The molecule has 0 saturated carbocycles. The predicted molar refractivity (Wildman–Crippen MR) is 106 cm³/mol. The van der Waals surface area contributed by atoms with Gasteiger partial charge in [-0.3, -0.25) is 0 Å². The molecule has 0 saturated heterocycles. The second-order valence-corrected chi connectivity index (χ2v) is 5.73. The normalized spacial score (nSPS) is 9.88. The summed E-state index contributed by atoms with van der Waals surface area (Å²) in [4.78, 5) is 11.6. The molecule has 0 spiro atoms. The Bertz CT molecular complexity index is 621. The zero-order valence-electron chi connectivity index (χ0n) is 14.9. The van der Waals surface area contributed by atoms with Crippen molar-refractivity contribution in [3.8, 4) is 5.75 Å². The van der Waals surface area contributed by atoms with Crippen LogP contribution in [0.3, 0.4) is 0 Å². The first-order valence-corrected chi connectivity index (χ1v) is 8.64. The lowest BCUT2D eigenvalue weighted by Crippen LogP contribution is -2.25. The first-order chi connectivity index (χ1) is 12.3. The van der Waals surface area contributed by atoms with Crippen LogP contribution >= 0.6 is 12.4 Å². The summed E-state index contributed by atoms with van der Waals surface area (Å²) in [5.74, 6) is 0.857. The maximum Gasteiger partial charge on any atom is 0.407 e. The molecule has 0 radical (unpaired) electrons. The molecule has 0 aliphatic carbocycles. The Hall–Kier alpha value is -2.24. The number of nitrogens with one attached hydrogen (secondary N) is 1. The minimum Gasteiger partial charge on any atom is -0.494 e. The Balaban J connectivity index is 0.00000338. The minimum atomic E-state index is -0.389. The van der Waals surface area contributed by atoms with E-state index >= 15 is 0 Å². The lowest BCUT2D eigenvalue weighted by atomic mass is 10.1. The second-order valence-electron chi connectivity index (χ2n) is 5.73. The molecule has 0 aliphatic rings. The molecular formula is C20H27ClN2O3. The number of halogens is 1. The highest BCUT2D eigenvalue weighted by atomic mass is 35.5. The second kappa shape index (κ2) is 13.0. The van der Waals surface area contributed by atoms with Gasteiger partial charge in [0.2, 0.25) is 0 Å². The van der Waals surface area contributed by atoms with Crippen LogP contribution in [0.15, 0.2) is 54.6 Å². The van der Waals surface area contributed by atoms with E-state index < -0.39 is 0 Å². The van der Waals surface area contributed by atoms with Crippen LogP contribution in [-0.2, 0) is 17.8 Å². The highest BCUT2D eigenvalue weighted by Gasteiger charge is 2.02. The maximum atomic E-state index is 11.6. The maximum absolute atomic E-state index is 11.6. The zero-order chi connectivity index (χ0) is 17.7. The third kappa shape index (κ3) is 8.74. The van der Waals surface area contributed by atoms with Crippen molar-refractivity contribution < 1.29 is 14.3 Å². The molecule has 2 aromatic rings. The van der Waals surface area contributed by atoms with Crippen molar-refractivity contribution >= 4 is 18.5 Å². The topological polar surface area (TPSA) is 73.6 Å². The van der Waals surface area contributed by atoms with Gasteiger partial charge >= 0.3 is 6.09 Å². The highest BCUT2D eigenvalue weighted by Crippen LogP contribution is 2.12. The van der Waals surface area contributed by atoms with Gasteiger partial charge < -0.3 is 20.5 Å². The zero-order valence-corrected chi connectivity index (χ0v) is 15.7. The molecule has 0 unspecified atom stereocenters. The number of carbonyl (C=O) groups is 1. The van der Waals surface area contributed by atoms with Crippen molar-refractivity contribution in [2.45, 2.75) is 25.9 Å². The Kier molecular flexibility index (Phi) is 10.9. The molecular weight excluding hydrogens is 352 g/mol. The summed E-state index contributed by atoms with van der Waals surface area (Å²) in [6.45, 7) is 2.14. The van der Waals surface area contributed by atoms with Gasteiger partial charge in [0.25, 0.3) is 0 Å². The van der Waals surface area contributed by atoms with Gasteiger partial charge in [-0.2, -0.15) is 0 Å². The Morgan fingerprint density at radius 3 is 2.38 bits per heavy atom. The van der Waals surface area contributed by atoms with Crippen molar-refractivity contribution in [3.05, 3.63) is 65.7 Å². The van der Waals surface area contributed by atoms with Crippen molar-refractivity contribution in [1.82, 2.24) is 5.32 Å². The number of alkyl carbamates (subject to hydrolysis) is 1. The van der Waals surface area contributed by atoms with Crippen LogP contribution in [0, 0.1) is 0 Å². The molecule has 26 heavy (non-hydrogen) atoms. The fourth-order valence-corrected chi connectivity index (χ4v) is 2.30. The number of hydrogen-bond donors (Lipinski definition) is 2. The van der Waals surface area contributed by atoms with E-state index in [-0.39, 0.29) is 25.1 Å². The van der Waals surface area contributed by atoms with Crippen LogP contribution in [0.2, 0.25) is 0 Å². The van der Waals surface area contributed by atoms with E-state index in [1.807, 2.05) is 54.6 Å². The Labute approximate surface area is 161 Å². The molecule has 5 nitrogen and oxygen atoms in total. The summed E-state index contributed by atoms with van der Waals surface area (Å²) >= 11 is 0. The van der Waals surface area contributed by atoms with Crippen molar-refractivity contribution in [1.29, 1.82) is 0 Å². The van der Waals surface area contributed by atoms with Gasteiger partial charge in [0, 0.05) is 6.54 Å². The first kappa shape index (κ1) is 21.8. The van der Waals surface area contributed by atoms with Gasteiger partial charge in [-0.1, -0.05) is 42.5 Å². The third-order valence-electron chi connectivity index (χ3n) is 3.68. The number of hydrogen-bond acceptors (Lipinski definition) is 4. The van der Waals surface area contributed by atoms with Gasteiger partial charge in [0.05, 0.1) is 6.61 Å². The molecule has 0 atom stereocenters. The molecule has 2 aromatic carbocycles. The van der Waals surface area contributed by atoms with Gasteiger partial charge in [0.15, 0.2) is 0 Å². The number of amides is 1. The smallest absolute Gasteiger partial charge is 0.407 e. The number of carbonyl (C=O) groups excluding carboxylic acids is 1. The average molecular weight is 379 g/mol. The van der Waals surface area contributed by atoms with E-state index in [0.717, 1.165) is 30.6 Å². The molecule has 0 bridgehead atoms. The van der Waals surface area contributed by atoms with Crippen LogP contribution in [-0.4, -0.2) is 25.8 Å². The molecule has 0 fully saturated rings. The lowest BCUT2D eigenvalue weighted by molar-refractivity contribution is 0.139. The van der Waals surface area contributed by atoms with Crippen LogP contribution in [0.5, 0.6) is 5.75 Å². The van der Waals surface area contributed by atoms with E-state index in [4.69, 9.17) is 15.2 Å². The van der Waals surface area contributed by atoms with Crippen molar-refractivity contribution in [2.24, 2.45) is 5.73 Å². The molecule has 0 aliphatic heterocycles. The first-order valence-electron chi connectivity index (χ1n) is 8.64. The van der Waals surface area contributed by atoms with E-state index in [2.05, 4.69) is 5.32 Å². The fourth-order valence-electron chi connectivity index (χ4n) is 2.30. The molecule has 2 rings (SSSR count). The standard InChI is InChI=1S/C20H26N2O3.ClH/c21-13-12-17-8-10-19(11-9-17)24-15-5-4-14-22-20(23)25-16-18-6-2-1-3-7-18;/h1-3,6-11H,4-5,12-16,21H2,(H,22,23);1H. The quantitative estimate of drug-likeness (QED) is 0.618. The summed E-state index contributed by atoms with van der Waals surface area (Å²) in [6.07, 6.45) is 2.20. The summed E-state index contributed by atoms with van der Waals surface area (Å²) < 4.78 is 10.8. The Morgan fingerprint density at radius 2 is 1.69 bits per heavy atom. The third-order valence-corrected chi connectivity index (χ3v) is 3.68. The molecule has 6 heteroatoms. The summed E-state index contributed by atoms with van der Waals surface area (Å²) in [5.41, 5.74) is 7.72. The number of unbranched alkanes of at least 4 members (excludes halogenated alkanes) is 1. The number of rotatable bonds is 10. The molecule has 1 amide bonds.